The molecule has 2 fully saturated rings. The predicted molar refractivity (Wildman–Crippen MR) is 95.8 cm³/mol. The Morgan fingerprint density at radius 1 is 1.04 bits per heavy atom. The van der Waals surface area contributed by atoms with Crippen molar-refractivity contribution < 1.29 is 9.59 Å². The Morgan fingerprint density at radius 3 is 2.21 bits per heavy atom. The smallest absolute Gasteiger partial charge is 0.242 e. The predicted octanol–water partition coefficient (Wildman–Crippen LogP) is 0.918. The summed E-state index contributed by atoms with van der Waals surface area (Å²) >= 11 is 0. The van der Waals surface area contributed by atoms with Gasteiger partial charge in [0.05, 0.1) is 6.54 Å². The van der Waals surface area contributed by atoms with Gasteiger partial charge in [0.25, 0.3) is 0 Å². The second-order valence-electron chi connectivity index (χ2n) is 7.53. The number of nitrogens with one attached hydrogen (secondary N) is 1. The summed E-state index contributed by atoms with van der Waals surface area (Å²) in [6.07, 6.45) is 7.06. The third kappa shape index (κ3) is 4.93. The summed E-state index contributed by atoms with van der Waals surface area (Å²) in [5.41, 5.74) is 0. The molecule has 1 saturated carbocycles. The monoisotopic (exact) mass is 338 g/mol. The van der Waals surface area contributed by atoms with Gasteiger partial charge < -0.3 is 15.1 Å². The van der Waals surface area contributed by atoms with E-state index < -0.39 is 0 Å². The van der Waals surface area contributed by atoms with Gasteiger partial charge in [-0.25, -0.2) is 0 Å². The van der Waals surface area contributed by atoms with Crippen molar-refractivity contribution in [2.75, 3.05) is 40.8 Å². The molecule has 1 N–H and O–H groups in total. The fourth-order valence-electron chi connectivity index (χ4n) is 4.20. The van der Waals surface area contributed by atoms with E-state index in [4.69, 9.17) is 0 Å². The van der Waals surface area contributed by atoms with Crippen molar-refractivity contribution in [2.45, 2.75) is 63.6 Å². The molecule has 0 spiro atoms. The minimum Gasteiger partial charge on any atom is -0.347 e. The van der Waals surface area contributed by atoms with Crippen molar-refractivity contribution in [1.82, 2.24) is 20.0 Å². The molecule has 24 heavy (non-hydrogen) atoms. The third-order valence-corrected chi connectivity index (χ3v) is 5.86. The van der Waals surface area contributed by atoms with E-state index in [1.54, 1.807) is 0 Å². The number of piperidine rings is 1. The molecule has 1 aliphatic carbocycles. The highest BCUT2D eigenvalue weighted by Crippen LogP contribution is 2.29. The first kappa shape index (κ1) is 19.2. The van der Waals surface area contributed by atoms with Crippen LogP contribution in [-0.2, 0) is 9.59 Å². The Labute approximate surface area is 146 Å². The van der Waals surface area contributed by atoms with Crippen LogP contribution in [0, 0.1) is 0 Å². The van der Waals surface area contributed by atoms with Crippen LogP contribution >= 0.6 is 0 Å². The van der Waals surface area contributed by atoms with Crippen molar-refractivity contribution in [1.29, 1.82) is 0 Å². The summed E-state index contributed by atoms with van der Waals surface area (Å²) in [4.78, 5) is 30.3. The largest absolute Gasteiger partial charge is 0.347 e. The van der Waals surface area contributed by atoms with Crippen molar-refractivity contribution in [3.8, 4) is 0 Å². The molecule has 0 aromatic carbocycles. The molecule has 2 aliphatic rings. The lowest BCUT2D eigenvalue weighted by molar-refractivity contribution is -0.135. The number of likely N-dealkylation sites (tertiary alicyclic amines) is 1. The normalized spacial score (nSPS) is 26.4. The summed E-state index contributed by atoms with van der Waals surface area (Å²) in [7, 11) is 6.33. The standard InChI is InChI=1S/C18H34N4O2/c1-14(23)19-13-18(24)22(4)17-8-6-5-7-16(17)21(3)15-9-11-20(2)12-10-15/h15-17H,5-13H2,1-4H3,(H,19,23)/t16-,17-/m0/s1. The zero-order valence-corrected chi connectivity index (χ0v) is 15.8. The van der Waals surface area contributed by atoms with Crippen molar-refractivity contribution in [3.63, 3.8) is 0 Å². The molecule has 6 nitrogen and oxygen atoms in total. The van der Waals surface area contributed by atoms with Crippen LogP contribution in [0.2, 0.25) is 0 Å². The molecule has 1 aliphatic heterocycles. The first-order valence-electron chi connectivity index (χ1n) is 9.30. The number of rotatable bonds is 5. The topological polar surface area (TPSA) is 55.9 Å². The molecule has 0 aromatic rings. The van der Waals surface area contributed by atoms with E-state index in [1.165, 1.54) is 32.6 Å². The van der Waals surface area contributed by atoms with Gasteiger partial charge in [0, 0.05) is 32.1 Å². The van der Waals surface area contributed by atoms with E-state index in [0.29, 0.717) is 12.1 Å². The van der Waals surface area contributed by atoms with Crippen LogP contribution < -0.4 is 5.32 Å². The van der Waals surface area contributed by atoms with Crippen LogP contribution in [0.1, 0.15) is 45.4 Å². The zero-order valence-electron chi connectivity index (χ0n) is 15.8. The van der Waals surface area contributed by atoms with Crippen molar-refractivity contribution in [2.24, 2.45) is 0 Å². The fraction of sp³-hybridized carbons (Fsp3) is 0.889. The maximum Gasteiger partial charge on any atom is 0.242 e. The Morgan fingerprint density at radius 2 is 1.62 bits per heavy atom. The van der Waals surface area contributed by atoms with Gasteiger partial charge in [-0.15, -0.1) is 0 Å². The first-order chi connectivity index (χ1) is 11.4. The number of amides is 2. The highest BCUT2D eigenvalue weighted by Gasteiger charge is 2.36. The second-order valence-corrected chi connectivity index (χ2v) is 7.53. The van der Waals surface area contributed by atoms with E-state index in [0.717, 1.165) is 25.9 Å². The molecule has 1 saturated heterocycles. The Hall–Kier alpha value is -1.14. The highest BCUT2D eigenvalue weighted by molar-refractivity contribution is 5.83. The number of nitrogens with zero attached hydrogens (tertiary/aromatic N) is 3. The molecule has 0 radical (unpaired) electrons. The quantitative estimate of drug-likeness (QED) is 0.810. The zero-order chi connectivity index (χ0) is 17.7. The maximum atomic E-state index is 12.4. The van der Waals surface area contributed by atoms with Gasteiger partial charge in [-0.1, -0.05) is 12.8 Å². The minimum atomic E-state index is -0.152. The molecular weight excluding hydrogens is 304 g/mol. The van der Waals surface area contributed by atoms with Gasteiger partial charge in [0.1, 0.15) is 0 Å². The Bertz CT molecular complexity index is 435. The molecule has 138 valence electrons. The molecule has 0 aromatic heterocycles. The number of carbonyl (C=O) groups excluding carboxylic acids is 2. The molecule has 2 amide bonds. The molecule has 2 atom stereocenters. The van der Waals surface area contributed by atoms with Crippen LogP contribution in [0.3, 0.4) is 0 Å². The minimum absolute atomic E-state index is 0.0128. The number of hydrogen-bond acceptors (Lipinski definition) is 4. The van der Waals surface area contributed by atoms with Crippen LogP contribution in [0.25, 0.3) is 0 Å². The second kappa shape index (κ2) is 8.81. The van der Waals surface area contributed by atoms with Crippen LogP contribution in [-0.4, -0.2) is 85.4 Å². The first-order valence-corrected chi connectivity index (χ1v) is 9.30. The average molecular weight is 338 g/mol. The van der Waals surface area contributed by atoms with Gasteiger partial charge in [-0.2, -0.15) is 0 Å². The third-order valence-electron chi connectivity index (χ3n) is 5.86. The van der Waals surface area contributed by atoms with E-state index in [9.17, 15) is 9.59 Å². The van der Waals surface area contributed by atoms with Crippen molar-refractivity contribution >= 4 is 11.8 Å². The van der Waals surface area contributed by atoms with Gasteiger partial charge >= 0.3 is 0 Å². The van der Waals surface area contributed by atoms with E-state index in [2.05, 4.69) is 29.2 Å². The van der Waals surface area contributed by atoms with Gasteiger partial charge in [-0.05, 0) is 52.9 Å². The lowest BCUT2D eigenvalue weighted by Crippen LogP contribution is -2.57. The van der Waals surface area contributed by atoms with Gasteiger partial charge in [-0.3, -0.25) is 14.5 Å². The summed E-state index contributed by atoms with van der Waals surface area (Å²) < 4.78 is 0. The van der Waals surface area contributed by atoms with E-state index in [-0.39, 0.29) is 24.4 Å². The lowest BCUT2D eigenvalue weighted by atomic mass is 9.86. The average Bonchev–Trinajstić information content (AvgIpc) is 2.59. The summed E-state index contributed by atoms with van der Waals surface area (Å²) in [5, 5.41) is 2.63. The van der Waals surface area contributed by atoms with Crippen LogP contribution in [0.5, 0.6) is 0 Å². The summed E-state index contributed by atoms with van der Waals surface area (Å²) in [5.74, 6) is -0.140. The summed E-state index contributed by atoms with van der Waals surface area (Å²) in [6.45, 7) is 3.87. The molecular formula is C18H34N4O2. The van der Waals surface area contributed by atoms with Gasteiger partial charge in [0.2, 0.25) is 11.8 Å². The molecule has 1 heterocycles. The fourth-order valence-corrected chi connectivity index (χ4v) is 4.20. The molecule has 6 heteroatoms. The van der Waals surface area contributed by atoms with Crippen LogP contribution in [0.4, 0.5) is 0 Å². The Balaban J connectivity index is 1.98. The lowest BCUT2D eigenvalue weighted by Gasteiger charge is -2.46. The number of carbonyl (C=O) groups is 2. The maximum absolute atomic E-state index is 12.4. The number of likely N-dealkylation sites (N-methyl/N-ethyl adjacent to an activating group) is 2. The van der Waals surface area contributed by atoms with E-state index in [1.807, 2.05) is 11.9 Å². The van der Waals surface area contributed by atoms with Crippen molar-refractivity contribution in [3.05, 3.63) is 0 Å². The SMILES string of the molecule is CC(=O)NCC(=O)N(C)[C@H]1CCCC[C@@H]1N(C)C1CCN(C)CC1. The number of hydrogen-bond donors (Lipinski definition) is 1. The van der Waals surface area contributed by atoms with Gasteiger partial charge in [0.15, 0.2) is 0 Å². The van der Waals surface area contributed by atoms with E-state index >= 15 is 0 Å². The molecule has 0 unspecified atom stereocenters. The molecule has 0 bridgehead atoms. The Kier molecular flexibility index (Phi) is 7.04. The highest BCUT2D eigenvalue weighted by atomic mass is 16.2. The molecule has 2 rings (SSSR count). The van der Waals surface area contributed by atoms with Crippen LogP contribution in [0.15, 0.2) is 0 Å². The summed E-state index contributed by atoms with van der Waals surface area (Å²) in [6, 6.07) is 1.30.